The van der Waals surface area contributed by atoms with E-state index in [0.29, 0.717) is 25.0 Å². The van der Waals surface area contributed by atoms with Crippen molar-refractivity contribution >= 4 is 5.97 Å². The Hall–Kier alpha value is -0.570. The number of carbonyl (C=O) groups is 1. The predicted molar refractivity (Wildman–Crippen MR) is 41.9 cm³/mol. The van der Waals surface area contributed by atoms with Crippen molar-refractivity contribution in [2.75, 3.05) is 6.61 Å². The molecule has 0 radical (unpaired) electrons. The number of rotatable bonds is 3. The molecule has 0 bridgehead atoms. The first-order valence-electron chi connectivity index (χ1n) is 4.13. The maximum absolute atomic E-state index is 10.9. The van der Waals surface area contributed by atoms with Gasteiger partial charge in [0.15, 0.2) is 0 Å². The van der Waals surface area contributed by atoms with Gasteiger partial charge in [-0.2, -0.15) is 0 Å². The summed E-state index contributed by atoms with van der Waals surface area (Å²) in [5, 5.41) is 0. The van der Waals surface area contributed by atoms with Crippen LogP contribution in [0.3, 0.4) is 0 Å². The van der Waals surface area contributed by atoms with E-state index >= 15 is 0 Å². The number of nitrogens with two attached hydrogens (primary N) is 1. The van der Waals surface area contributed by atoms with Crippen molar-refractivity contribution in [3.63, 3.8) is 0 Å². The molecule has 3 heteroatoms. The van der Waals surface area contributed by atoms with Crippen LogP contribution in [0.5, 0.6) is 0 Å². The van der Waals surface area contributed by atoms with Gasteiger partial charge in [-0.25, -0.2) is 0 Å². The molecule has 1 rings (SSSR count). The molecule has 1 aliphatic rings. The number of hydrogen-bond acceptors (Lipinski definition) is 3. The van der Waals surface area contributed by atoms with Crippen molar-refractivity contribution in [3.8, 4) is 0 Å². The SMILES string of the molecule is CCOC(=O)CC1CC(N)C1. The molecule has 1 aliphatic carbocycles. The average molecular weight is 157 g/mol. The highest BCUT2D eigenvalue weighted by Gasteiger charge is 2.27. The zero-order valence-electron chi connectivity index (χ0n) is 6.88. The summed E-state index contributed by atoms with van der Waals surface area (Å²) in [6, 6.07) is 0.328. The Morgan fingerprint density at radius 2 is 2.27 bits per heavy atom. The molecule has 0 aliphatic heterocycles. The van der Waals surface area contributed by atoms with Crippen molar-refractivity contribution < 1.29 is 9.53 Å². The highest BCUT2D eigenvalue weighted by atomic mass is 16.5. The average Bonchev–Trinajstić information content (AvgIpc) is 1.85. The lowest BCUT2D eigenvalue weighted by Crippen LogP contribution is -2.37. The molecule has 0 aromatic carbocycles. The molecule has 0 aromatic heterocycles. The van der Waals surface area contributed by atoms with Crippen LogP contribution in [0, 0.1) is 5.92 Å². The second-order valence-electron chi connectivity index (χ2n) is 3.11. The summed E-state index contributed by atoms with van der Waals surface area (Å²) in [6.45, 7) is 2.31. The van der Waals surface area contributed by atoms with Crippen LogP contribution in [0.2, 0.25) is 0 Å². The largest absolute Gasteiger partial charge is 0.466 e. The fourth-order valence-corrected chi connectivity index (χ4v) is 1.41. The van der Waals surface area contributed by atoms with Crippen LogP contribution in [0.15, 0.2) is 0 Å². The van der Waals surface area contributed by atoms with E-state index in [-0.39, 0.29) is 5.97 Å². The topological polar surface area (TPSA) is 52.3 Å². The molecule has 1 fully saturated rings. The molecule has 0 unspecified atom stereocenters. The van der Waals surface area contributed by atoms with Gasteiger partial charge in [-0.3, -0.25) is 4.79 Å². The molecule has 0 saturated heterocycles. The fraction of sp³-hybridized carbons (Fsp3) is 0.875. The van der Waals surface area contributed by atoms with Crippen LogP contribution in [0.1, 0.15) is 26.2 Å². The van der Waals surface area contributed by atoms with Gasteiger partial charge in [-0.15, -0.1) is 0 Å². The van der Waals surface area contributed by atoms with E-state index < -0.39 is 0 Å². The molecule has 0 aromatic rings. The van der Waals surface area contributed by atoms with Gasteiger partial charge in [0, 0.05) is 12.5 Å². The molecule has 1 saturated carbocycles. The van der Waals surface area contributed by atoms with Crippen LogP contribution in [0.4, 0.5) is 0 Å². The number of ether oxygens (including phenoxy) is 1. The molecule has 64 valence electrons. The van der Waals surface area contributed by atoms with Crippen molar-refractivity contribution in [2.45, 2.75) is 32.2 Å². The molecule has 3 nitrogen and oxygen atoms in total. The molecule has 0 atom stereocenters. The van der Waals surface area contributed by atoms with E-state index in [1.165, 1.54) is 0 Å². The molecule has 11 heavy (non-hydrogen) atoms. The minimum absolute atomic E-state index is 0.0793. The Labute approximate surface area is 66.9 Å². The Morgan fingerprint density at radius 3 is 2.73 bits per heavy atom. The monoisotopic (exact) mass is 157 g/mol. The maximum Gasteiger partial charge on any atom is 0.306 e. The van der Waals surface area contributed by atoms with E-state index in [4.69, 9.17) is 10.5 Å². The van der Waals surface area contributed by atoms with Gasteiger partial charge in [0.25, 0.3) is 0 Å². The van der Waals surface area contributed by atoms with Crippen molar-refractivity contribution in [1.82, 2.24) is 0 Å². The zero-order valence-corrected chi connectivity index (χ0v) is 6.88. The van der Waals surface area contributed by atoms with E-state index in [1.54, 1.807) is 0 Å². The van der Waals surface area contributed by atoms with E-state index in [1.807, 2.05) is 6.92 Å². The van der Waals surface area contributed by atoms with Crippen LogP contribution >= 0.6 is 0 Å². The second kappa shape index (κ2) is 3.72. The minimum Gasteiger partial charge on any atom is -0.466 e. The standard InChI is InChI=1S/C8H15NO2/c1-2-11-8(10)5-6-3-7(9)4-6/h6-7H,2-5,9H2,1H3. The summed E-state index contributed by atoms with van der Waals surface area (Å²) in [6.07, 6.45) is 2.53. The maximum atomic E-state index is 10.9. The van der Waals surface area contributed by atoms with E-state index in [0.717, 1.165) is 12.8 Å². The van der Waals surface area contributed by atoms with E-state index in [2.05, 4.69) is 0 Å². The molecule has 0 heterocycles. The highest BCUT2D eigenvalue weighted by molar-refractivity contribution is 5.69. The summed E-state index contributed by atoms with van der Waals surface area (Å²) in [4.78, 5) is 10.9. The minimum atomic E-state index is -0.0793. The van der Waals surface area contributed by atoms with Gasteiger partial charge < -0.3 is 10.5 Å². The Kier molecular flexibility index (Phi) is 2.88. The molecule has 0 spiro atoms. The third-order valence-electron chi connectivity index (χ3n) is 2.03. The Balaban J connectivity index is 2.07. The number of carbonyl (C=O) groups excluding carboxylic acids is 1. The van der Waals surface area contributed by atoms with Crippen molar-refractivity contribution in [1.29, 1.82) is 0 Å². The molecular formula is C8H15NO2. The zero-order chi connectivity index (χ0) is 8.27. The first kappa shape index (κ1) is 8.53. The molecule has 2 N–H and O–H groups in total. The predicted octanol–water partition coefficient (Wildman–Crippen LogP) is 0.677. The normalized spacial score (nSPS) is 29.3. The molecular weight excluding hydrogens is 142 g/mol. The third kappa shape index (κ3) is 2.50. The lowest BCUT2D eigenvalue weighted by atomic mass is 9.79. The lowest BCUT2D eigenvalue weighted by Gasteiger charge is -2.31. The summed E-state index contributed by atoms with van der Waals surface area (Å²) < 4.78 is 4.80. The smallest absolute Gasteiger partial charge is 0.306 e. The second-order valence-corrected chi connectivity index (χ2v) is 3.11. The summed E-state index contributed by atoms with van der Waals surface area (Å²) in [7, 11) is 0. The summed E-state index contributed by atoms with van der Waals surface area (Å²) in [5.74, 6) is 0.411. The van der Waals surface area contributed by atoms with Crippen LogP contribution < -0.4 is 5.73 Å². The van der Waals surface area contributed by atoms with Gasteiger partial charge in [-0.05, 0) is 25.7 Å². The van der Waals surface area contributed by atoms with Gasteiger partial charge in [0.1, 0.15) is 0 Å². The third-order valence-corrected chi connectivity index (χ3v) is 2.03. The van der Waals surface area contributed by atoms with Crippen LogP contribution in [0.25, 0.3) is 0 Å². The van der Waals surface area contributed by atoms with Crippen molar-refractivity contribution in [2.24, 2.45) is 11.7 Å². The van der Waals surface area contributed by atoms with Crippen LogP contribution in [-0.4, -0.2) is 18.6 Å². The Morgan fingerprint density at radius 1 is 1.64 bits per heavy atom. The number of esters is 1. The molecule has 0 amide bonds. The van der Waals surface area contributed by atoms with Gasteiger partial charge in [0.05, 0.1) is 6.61 Å². The Bertz CT molecular complexity index is 141. The lowest BCUT2D eigenvalue weighted by molar-refractivity contribution is -0.145. The van der Waals surface area contributed by atoms with Gasteiger partial charge in [0.2, 0.25) is 0 Å². The first-order chi connectivity index (χ1) is 5.22. The van der Waals surface area contributed by atoms with Gasteiger partial charge in [-0.1, -0.05) is 0 Å². The van der Waals surface area contributed by atoms with Crippen LogP contribution in [-0.2, 0) is 9.53 Å². The summed E-state index contributed by atoms with van der Waals surface area (Å²) in [5.41, 5.74) is 5.57. The highest BCUT2D eigenvalue weighted by Crippen LogP contribution is 2.28. The van der Waals surface area contributed by atoms with Crippen molar-refractivity contribution in [3.05, 3.63) is 0 Å². The fourth-order valence-electron chi connectivity index (χ4n) is 1.41. The number of hydrogen-bond donors (Lipinski definition) is 1. The first-order valence-corrected chi connectivity index (χ1v) is 4.13. The quantitative estimate of drug-likeness (QED) is 0.613. The van der Waals surface area contributed by atoms with Gasteiger partial charge >= 0.3 is 5.97 Å². The summed E-state index contributed by atoms with van der Waals surface area (Å²) >= 11 is 0. The van der Waals surface area contributed by atoms with E-state index in [9.17, 15) is 4.79 Å².